The van der Waals surface area contributed by atoms with Crippen molar-refractivity contribution in [3.8, 4) is 0 Å². The van der Waals surface area contributed by atoms with Crippen LogP contribution in [0.25, 0.3) is 0 Å². The van der Waals surface area contributed by atoms with Crippen molar-refractivity contribution in [1.82, 2.24) is 4.90 Å². The molecule has 0 atom stereocenters. The fraction of sp³-hybridized carbons (Fsp3) is 0.556. The Labute approximate surface area is 168 Å². The Bertz CT molecular complexity index is 804. The predicted octanol–water partition coefficient (Wildman–Crippen LogP) is 2.33. The molecule has 1 fully saturated rings. The van der Waals surface area contributed by atoms with Gasteiger partial charge in [0, 0.05) is 17.6 Å². The number of piperidine rings is 1. The summed E-state index contributed by atoms with van der Waals surface area (Å²) in [5.74, 6) is -0.704. The van der Waals surface area contributed by atoms with Crippen LogP contribution in [0.5, 0.6) is 0 Å². The zero-order valence-corrected chi connectivity index (χ0v) is 18.2. The monoisotopic (exact) mass is 460 g/mol. The molecule has 0 radical (unpaired) electrons. The number of ether oxygens (including phenoxy) is 1. The van der Waals surface area contributed by atoms with Crippen LogP contribution in [0.4, 0.5) is 5.69 Å². The first kappa shape index (κ1) is 21.7. The third kappa shape index (κ3) is 5.68. The number of carbonyl (C=O) groups excluding carboxylic acids is 2. The molecule has 1 amide bonds. The molecule has 0 aliphatic carbocycles. The second-order valence-corrected chi connectivity index (χ2v) is 9.37. The summed E-state index contributed by atoms with van der Waals surface area (Å²) in [5.41, 5.74) is 1.33. The molecular weight excluding hydrogens is 436 g/mol. The number of sulfonamides is 1. The summed E-state index contributed by atoms with van der Waals surface area (Å²) >= 11 is 3.39. The minimum absolute atomic E-state index is 0.200. The molecule has 1 aliphatic rings. The summed E-state index contributed by atoms with van der Waals surface area (Å²) in [6, 6.07) is 5.15. The summed E-state index contributed by atoms with van der Waals surface area (Å²) in [6.45, 7) is 4.53. The van der Waals surface area contributed by atoms with E-state index >= 15 is 0 Å². The van der Waals surface area contributed by atoms with Gasteiger partial charge in [-0.05, 0) is 50.5 Å². The topological polar surface area (TPSA) is 84.0 Å². The molecule has 0 unspecified atom stereocenters. The summed E-state index contributed by atoms with van der Waals surface area (Å²) < 4.78 is 31.5. The number of anilines is 1. The van der Waals surface area contributed by atoms with Crippen LogP contribution in [0.3, 0.4) is 0 Å². The minimum Gasteiger partial charge on any atom is -0.466 e. The van der Waals surface area contributed by atoms with E-state index in [-0.39, 0.29) is 24.3 Å². The quantitative estimate of drug-likeness (QED) is 0.608. The van der Waals surface area contributed by atoms with E-state index in [1.54, 1.807) is 30.0 Å². The first-order valence-electron chi connectivity index (χ1n) is 8.81. The largest absolute Gasteiger partial charge is 0.466 e. The number of esters is 1. The van der Waals surface area contributed by atoms with E-state index in [0.717, 1.165) is 20.6 Å². The molecule has 1 aromatic rings. The smallest absolute Gasteiger partial charge is 0.309 e. The van der Waals surface area contributed by atoms with Gasteiger partial charge in [0.1, 0.15) is 6.54 Å². The molecule has 2 rings (SSSR count). The number of likely N-dealkylation sites (tertiary alicyclic amines) is 1. The van der Waals surface area contributed by atoms with Gasteiger partial charge in [0.05, 0.1) is 24.5 Å². The zero-order valence-electron chi connectivity index (χ0n) is 15.8. The number of rotatable bonds is 6. The number of amides is 1. The highest BCUT2D eigenvalue weighted by Crippen LogP contribution is 2.25. The van der Waals surface area contributed by atoms with Gasteiger partial charge in [-0.2, -0.15) is 0 Å². The maximum absolute atomic E-state index is 12.7. The van der Waals surface area contributed by atoms with E-state index in [0.29, 0.717) is 38.2 Å². The second-order valence-electron chi connectivity index (χ2n) is 6.61. The molecule has 1 heterocycles. The van der Waals surface area contributed by atoms with Crippen molar-refractivity contribution in [3.05, 3.63) is 28.2 Å². The lowest BCUT2D eigenvalue weighted by Gasteiger charge is -2.32. The van der Waals surface area contributed by atoms with Crippen molar-refractivity contribution >= 4 is 43.5 Å². The van der Waals surface area contributed by atoms with E-state index in [1.807, 2.05) is 6.92 Å². The van der Waals surface area contributed by atoms with Crippen LogP contribution >= 0.6 is 15.9 Å². The molecule has 1 aliphatic heterocycles. The zero-order chi connectivity index (χ0) is 20.2. The van der Waals surface area contributed by atoms with Crippen LogP contribution in [0.1, 0.15) is 25.3 Å². The van der Waals surface area contributed by atoms with E-state index in [4.69, 9.17) is 4.74 Å². The summed E-state index contributed by atoms with van der Waals surface area (Å²) in [6.07, 6.45) is 2.15. The molecule has 0 aromatic heterocycles. The van der Waals surface area contributed by atoms with Crippen LogP contribution in [0.15, 0.2) is 22.7 Å². The summed E-state index contributed by atoms with van der Waals surface area (Å²) in [4.78, 5) is 26.1. The third-order valence-corrected chi connectivity index (χ3v) is 6.61. The number of carbonyl (C=O) groups is 2. The second kappa shape index (κ2) is 9.05. The van der Waals surface area contributed by atoms with Crippen LogP contribution in [0.2, 0.25) is 0 Å². The van der Waals surface area contributed by atoms with Gasteiger partial charge < -0.3 is 9.64 Å². The molecular formula is C18H25BrN2O5S. The van der Waals surface area contributed by atoms with E-state index in [1.165, 1.54) is 0 Å². The number of aryl methyl sites for hydroxylation is 1. The van der Waals surface area contributed by atoms with Gasteiger partial charge in [0.2, 0.25) is 15.9 Å². The SMILES string of the molecule is CCOC(=O)C1CCN(C(=O)CN(c2ccc(Br)c(C)c2)S(C)(=O)=O)CC1. The fourth-order valence-electron chi connectivity index (χ4n) is 3.03. The first-order valence-corrected chi connectivity index (χ1v) is 11.5. The Morgan fingerprint density at radius 3 is 2.44 bits per heavy atom. The van der Waals surface area contributed by atoms with Crippen molar-refractivity contribution in [2.75, 3.05) is 36.8 Å². The van der Waals surface area contributed by atoms with Crippen LogP contribution < -0.4 is 4.31 Å². The lowest BCUT2D eigenvalue weighted by molar-refractivity contribution is -0.151. The van der Waals surface area contributed by atoms with Gasteiger partial charge in [0.25, 0.3) is 0 Å². The first-order chi connectivity index (χ1) is 12.6. The fourth-order valence-corrected chi connectivity index (χ4v) is 4.12. The Balaban J connectivity index is 2.07. The summed E-state index contributed by atoms with van der Waals surface area (Å²) in [5, 5.41) is 0. The Morgan fingerprint density at radius 1 is 1.30 bits per heavy atom. The molecule has 0 saturated carbocycles. The standard InChI is InChI=1S/C18H25BrN2O5S/c1-4-26-18(23)14-7-9-20(10-8-14)17(22)12-21(27(3,24)25)15-5-6-16(19)13(2)11-15/h5-6,11,14H,4,7-10,12H2,1-3H3. The molecule has 0 bridgehead atoms. The average Bonchev–Trinajstić information content (AvgIpc) is 2.61. The summed E-state index contributed by atoms with van der Waals surface area (Å²) in [7, 11) is -3.62. The maximum atomic E-state index is 12.7. The molecule has 0 spiro atoms. The van der Waals surface area contributed by atoms with Crippen molar-refractivity contribution in [1.29, 1.82) is 0 Å². The number of hydrogen-bond donors (Lipinski definition) is 0. The Morgan fingerprint density at radius 2 is 1.93 bits per heavy atom. The van der Waals surface area contributed by atoms with Gasteiger partial charge in [-0.25, -0.2) is 8.42 Å². The van der Waals surface area contributed by atoms with Gasteiger partial charge in [-0.1, -0.05) is 15.9 Å². The Kier molecular flexibility index (Phi) is 7.27. The highest BCUT2D eigenvalue weighted by molar-refractivity contribution is 9.10. The number of benzene rings is 1. The van der Waals surface area contributed by atoms with Gasteiger partial charge in [-0.15, -0.1) is 0 Å². The number of nitrogens with zero attached hydrogens (tertiary/aromatic N) is 2. The molecule has 27 heavy (non-hydrogen) atoms. The van der Waals surface area contributed by atoms with Crippen LogP contribution in [0, 0.1) is 12.8 Å². The number of hydrogen-bond acceptors (Lipinski definition) is 5. The predicted molar refractivity (Wildman–Crippen MR) is 107 cm³/mol. The van der Waals surface area contributed by atoms with Crippen molar-refractivity contribution < 1.29 is 22.7 Å². The molecule has 9 heteroatoms. The highest BCUT2D eigenvalue weighted by Gasteiger charge is 2.30. The van der Waals surface area contributed by atoms with Gasteiger partial charge in [-0.3, -0.25) is 13.9 Å². The van der Waals surface area contributed by atoms with Gasteiger partial charge in [0.15, 0.2) is 0 Å². The van der Waals surface area contributed by atoms with E-state index in [2.05, 4.69) is 15.9 Å². The number of halogens is 1. The molecule has 150 valence electrons. The molecule has 1 aromatic carbocycles. The van der Waals surface area contributed by atoms with Crippen molar-refractivity contribution in [2.45, 2.75) is 26.7 Å². The molecule has 1 saturated heterocycles. The highest BCUT2D eigenvalue weighted by atomic mass is 79.9. The Hall–Kier alpha value is -1.61. The van der Waals surface area contributed by atoms with E-state index < -0.39 is 10.0 Å². The third-order valence-electron chi connectivity index (χ3n) is 4.58. The molecule has 7 nitrogen and oxygen atoms in total. The van der Waals surface area contributed by atoms with Gasteiger partial charge >= 0.3 is 5.97 Å². The minimum atomic E-state index is -3.62. The average molecular weight is 461 g/mol. The van der Waals surface area contributed by atoms with Crippen LogP contribution in [-0.4, -0.2) is 57.7 Å². The maximum Gasteiger partial charge on any atom is 0.309 e. The van der Waals surface area contributed by atoms with Crippen molar-refractivity contribution in [3.63, 3.8) is 0 Å². The van der Waals surface area contributed by atoms with E-state index in [9.17, 15) is 18.0 Å². The van der Waals surface area contributed by atoms with Crippen LogP contribution in [-0.2, 0) is 24.3 Å². The van der Waals surface area contributed by atoms with Crippen molar-refractivity contribution in [2.24, 2.45) is 5.92 Å². The lowest BCUT2D eigenvalue weighted by Crippen LogP contribution is -2.46. The normalized spacial score (nSPS) is 15.5. The molecule has 0 N–H and O–H groups in total. The lowest BCUT2D eigenvalue weighted by atomic mass is 9.97.